The van der Waals surface area contributed by atoms with Crippen molar-refractivity contribution < 1.29 is 14.3 Å². The first kappa shape index (κ1) is 16.0. The summed E-state index contributed by atoms with van der Waals surface area (Å²) in [5.41, 5.74) is 0.330. The van der Waals surface area contributed by atoms with Crippen molar-refractivity contribution in [1.29, 1.82) is 0 Å². The maximum absolute atomic E-state index is 12.5. The minimum absolute atomic E-state index is 0.00314. The quantitative estimate of drug-likeness (QED) is 0.859. The summed E-state index contributed by atoms with van der Waals surface area (Å²) in [6.45, 7) is 1.97. The van der Waals surface area contributed by atoms with Gasteiger partial charge < -0.3 is 14.4 Å². The van der Waals surface area contributed by atoms with Crippen LogP contribution in [0.5, 0.6) is 5.75 Å². The van der Waals surface area contributed by atoms with E-state index in [2.05, 4.69) is 9.97 Å². The highest BCUT2D eigenvalue weighted by Crippen LogP contribution is 2.37. The summed E-state index contributed by atoms with van der Waals surface area (Å²) in [6, 6.07) is 9.19. The molecule has 130 valence electrons. The van der Waals surface area contributed by atoms with Crippen LogP contribution in [-0.2, 0) is 4.74 Å². The van der Waals surface area contributed by atoms with Gasteiger partial charge in [-0.15, -0.1) is 0 Å². The lowest BCUT2D eigenvalue weighted by Crippen LogP contribution is -2.46. The van der Waals surface area contributed by atoms with Crippen molar-refractivity contribution in [3.05, 3.63) is 54.6 Å². The summed E-state index contributed by atoms with van der Waals surface area (Å²) in [6.07, 6.45) is 7.67. The fraction of sp³-hybridized carbons (Fsp3) is 0.421. The summed E-state index contributed by atoms with van der Waals surface area (Å²) in [5, 5.41) is 0. The van der Waals surface area contributed by atoms with Gasteiger partial charge in [-0.3, -0.25) is 14.8 Å². The number of ether oxygens (including phenoxy) is 2. The van der Waals surface area contributed by atoms with E-state index in [9.17, 15) is 4.79 Å². The topological polar surface area (TPSA) is 64.6 Å². The lowest BCUT2D eigenvalue weighted by Gasteiger charge is -2.38. The number of carbonyl (C=O) groups excluding carboxylic acids is 1. The third-order valence-electron chi connectivity index (χ3n) is 4.96. The second-order valence-electron chi connectivity index (χ2n) is 6.63. The monoisotopic (exact) mass is 339 g/mol. The van der Waals surface area contributed by atoms with E-state index in [1.807, 2.05) is 29.2 Å². The Morgan fingerprint density at radius 3 is 2.80 bits per heavy atom. The molecule has 0 unspecified atom stereocenters. The molecule has 0 bridgehead atoms. The zero-order valence-corrected chi connectivity index (χ0v) is 14.0. The number of carbonyl (C=O) groups is 1. The molecule has 2 aromatic rings. The number of piperidine rings is 1. The molecule has 2 aromatic heterocycles. The van der Waals surface area contributed by atoms with Gasteiger partial charge in [-0.25, -0.2) is 0 Å². The maximum atomic E-state index is 12.5. The zero-order chi connectivity index (χ0) is 17.1. The molecule has 1 atom stereocenters. The Bertz CT molecular complexity index is 715. The molecule has 4 rings (SSSR count). The number of likely N-dealkylation sites (tertiary alicyclic amines) is 1. The molecular weight excluding hydrogens is 318 g/mol. The number of pyridine rings is 2. The van der Waals surface area contributed by atoms with Crippen LogP contribution in [0.3, 0.4) is 0 Å². The Morgan fingerprint density at radius 2 is 2.08 bits per heavy atom. The van der Waals surface area contributed by atoms with Crippen molar-refractivity contribution >= 4 is 5.91 Å². The number of rotatable bonds is 3. The fourth-order valence-corrected chi connectivity index (χ4v) is 3.60. The first-order valence-electron chi connectivity index (χ1n) is 8.65. The zero-order valence-electron chi connectivity index (χ0n) is 14.0. The molecule has 25 heavy (non-hydrogen) atoms. The summed E-state index contributed by atoms with van der Waals surface area (Å²) in [4.78, 5) is 22.6. The lowest BCUT2D eigenvalue weighted by molar-refractivity contribution is -0.0396. The summed E-state index contributed by atoms with van der Waals surface area (Å²) < 4.78 is 12.1. The second kappa shape index (κ2) is 6.80. The highest BCUT2D eigenvalue weighted by Gasteiger charge is 2.44. The Balaban J connectivity index is 1.33. The normalized spacial score (nSPS) is 22.1. The fourth-order valence-electron chi connectivity index (χ4n) is 3.60. The van der Waals surface area contributed by atoms with Crippen LogP contribution in [-0.4, -0.2) is 52.2 Å². The SMILES string of the molecule is O=C(c1ccccn1)N1CCC2(CC1)C[C@@H](Oc1cccnc1)CO2. The summed E-state index contributed by atoms with van der Waals surface area (Å²) in [7, 11) is 0. The minimum atomic E-state index is -0.173. The van der Waals surface area contributed by atoms with Gasteiger partial charge in [0.2, 0.25) is 0 Å². The number of hydrogen-bond acceptors (Lipinski definition) is 5. The van der Waals surface area contributed by atoms with Gasteiger partial charge in [0.25, 0.3) is 5.91 Å². The van der Waals surface area contributed by atoms with Gasteiger partial charge in [0, 0.05) is 31.9 Å². The summed E-state index contributed by atoms with van der Waals surface area (Å²) >= 11 is 0. The minimum Gasteiger partial charge on any atom is -0.486 e. The highest BCUT2D eigenvalue weighted by atomic mass is 16.6. The predicted octanol–water partition coefficient (Wildman–Crippen LogP) is 2.32. The third-order valence-corrected chi connectivity index (χ3v) is 4.96. The van der Waals surface area contributed by atoms with Crippen LogP contribution in [0.25, 0.3) is 0 Å². The van der Waals surface area contributed by atoms with Crippen molar-refractivity contribution in [3.63, 3.8) is 0 Å². The average Bonchev–Trinajstić information content (AvgIpc) is 3.05. The van der Waals surface area contributed by atoms with Crippen LogP contribution >= 0.6 is 0 Å². The van der Waals surface area contributed by atoms with Gasteiger partial charge in [0.1, 0.15) is 17.5 Å². The van der Waals surface area contributed by atoms with E-state index < -0.39 is 0 Å². The highest BCUT2D eigenvalue weighted by molar-refractivity contribution is 5.92. The van der Waals surface area contributed by atoms with Gasteiger partial charge >= 0.3 is 0 Å². The predicted molar refractivity (Wildman–Crippen MR) is 91.3 cm³/mol. The van der Waals surface area contributed by atoms with Crippen molar-refractivity contribution in [2.24, 2.45) is 0 Å². The second-order valence-corrected chi connectivity index (χ2v) is 6.63. The molecule has 6 heteroatoms. The van der Waals surface area contributed by atoms with Crippen LogP contribution in [0.2, 0.25) is 0 Å². The van der Waals surface area contributed by atoms with Crippen molar-refractivity contribution in [1.82, 2.24) is 14.9 Å². The van der Waals surface area contributed by atoms with Crippen molar-refractivity contribution in [2.75, 3.05) is 19.7 Å². The van der Waals surface area contributed by atoms with E-state index in [1.165, 1.54) is 0 Å². The Kier molecular flexibility index (Phi) is 4.36. The van der Waals surface area contributed by atoms with Crippen LogP contribution in [0.15, 0.2) is 48.9 Å². The molecule has 2 saturated heterocycles. The van der Waals surface area contributed by atoms with E-state index in [0.717, 1.165) is 25.0 Å². The molecule has 0 radical (unpaired) electrons. The third kappa shape index (κ3) is 3.49. The molecule has 0 aromatic carbocycles. The number of amides is 1. The van der Waals surface area contributed by atoms with Crippen LogP contribution in [0.1, 0.15) is 29.8 Å². The van der Waals surface area contributed by atoms with E-state index in [0.29, 0.717) is 25.4 Å². The molecule has 2 fully saturated rings. The van der Waals surface area contributed by atoms with E-state index >= 15 is 0 Å². The number of nitrogens with zero attached hydrogens (tertiary/aromatic N) is 3. The molecule has 1 amide bonds. The van der Waals surface area contributed by atoms with Gasteiger partial charge in [-0.05, 0) is 37.1 Å². The molecular formula is C19H21N3O3. The standard InChI is InChI=1S/C19H21N3O3/c23-18(17-5-1-2-9-21-17)22-10-6-19(7-11-22)12-16(14-24-19)25-15-4-3-8-20-13-15/h1-5,8-9,13,16H,6-7,10-12,14H2/t16-/m1/s1. The van der Waals surface area contributed by atoms with Crippen LogP contribution in [0, 0.1) is 0 Å². The maximum Gasteiger partial charge on any atom is 0.272 e. The molecule has 4 heterocycles. The van der Waals surface area contributed by atoms with E-state index in [-0.39, 0.29) is 17.6 Å². The van der Waals surface area contributed by atoms with Crippen LogP contribution < -0.4 is 4.74 Å². The smallest absolute Gasteiger partial charge is 0.272 e. The van der Waals surface area contributed by atoms with Crippen molar-refractivity contribution in [2.45, 2.75) is 31.0 Å². The summed E-state index contributed by atoms with van der Waals surface area (Å²) in [5.74, 6) is 0.771. The van der Waals surface area contributed by atoms with Crippen molar-refractivity contribution in [3.8, 4) is 5.75 Å². The Hall–Kier alpha value is -2.47. The van der Waals surface area contributed by atoms with Gasteiger partial charge in [0.05, 0.1) is 18.4 Å². The molecule has 2 aliphatic rings. The van der Waals surface area contributed by atoms with E-state index in [4.69, 9.17) is 9.47 Å². The first-order valence-corrected chi connectivity index (χ1v) is 8.65. The van der Waals surface area contributed by atoms with E-state index in [1.54, 1.807) is 24.7 Å². The number of hydrogen-bond donors (Lipinski definition) is 0. The molecule has 0 aliphatic carbocycles. The molecule has 1 spiro atoms. The largest absolute Gasteiger partial charge is 0.486 e. The first-order chi connectivity index (χ1) is 12.2. The Labute approximate surface area is 146 Å². The molecule has 0 N–H and O–H groups in total. The average molecular weight is 339 g/mol. The van der Waals surface area contributed by atoms with Gasteiger partial charge in [-0.2, -0.15) is 0 Å². The van der Waals surface area contributed by atoms with Crippen LogP contribution in [0.4, 0.5) is 0 Å². The molecule has 2 aliphatic heterocycles. The molecule has 6 nitrogen and oxygen atoms in total. The lowest BCUT2D eigenvalue weighted by atomic mass is 9.88. The Morgan fingerprint density at radius 1 is 1.20 bits per heavy atom. The molecule has 0 saturated carbocycles. The number of aromatic nitrogens is 2. The van der Waals surface area contributed by atoms with Gasteiger partial charge in [-0.1, -0.05) is 6.07 Å². The van der Waals surface area contributed by atoms with Gasteiger partial charge in [0.15, 0.2) is 0 Å².